The molecule has 0 unspecified atom stereocenters. The van der Waals surface area contributed by atoms with E-state index in [-0.39, 0.29) is 42.0 Å². The van der Waals surface area contributed by atoms with Crippen molar-refractivity contribution in [3.05, 3.63) is 82.5 Å². The number of aldehydes is 1. The van der Waals surface area contributed by atoms with E-state index in [0.717, 1.165) is 0 Å². The largest absolute Gasteiger partial charge is 0.502 e. The van der Waals surface area contributed by atoms with Crippen molar-refractivity contribution in [1.82, 2.24) is 10.6 Å². The molecule has 0 atom stereocenters. The number of nitrogens with one attached hydrogen (secondary N) is 4. The van der Waals surface area contributed by atoms with E-state index < -0.39 is 49.2 Å². The molecule has 0 aliphatic heterocycles. The highest BCUT2D eigenvalue weighted by atomic mass is 16.5. The molecule has 0 bridgehead atoms. The standard InChI is InChI=1S/C27H30N4O10/c1-16(10-28-19-6-2-17(3-7-19)26(39)30-12-24(35)36)23(15-33)41-22(21(34)14-32)11-29-20-8-4-18(5-9-20)27(40)31-13-25(37)38/h2-9,14,28-29,33-34H,10-13,15H2,1H3,(H,30,39)(H,31,40)(H,35,36)(H,37,38)/b22-21+,23-16+. The van der Waals surface area contributed by atoms with Gasteiger partial charge in [0, 0.05) is 29.0 Å². The van der Waals surface area contributed by atoms with Crippen molar-refractivity contribution < 1.29 is 49.1 Å². The van der Waals surface area contributed by atoms with E-state index in [1.165, 1.54) is 36.4 Å². The van der Waals surface area contributed by atoms with Crippen molar-refractivity contribution in [3.63, 3.8) is 0 Å². The lowest BCUT2D eigenvalue weighted by Crippen LogP contribution is -2.29. The third kappa shape index (κ3) is 10.7. The van der Waals surface area contributed by atoms with E-state index in [9.17, 15) is 34.2 Å². The Bertz CT molecular complexity index is 1320. The van der Waals surface area contributed by atoms with E-state index in [1.807, 2.05) is 0 Å². The van der Waals surface area contributed by atoms with Gasteiger partial charge in [0.05, 0.1) is 6.54 Å². The van der Waals surface area contributed by atoms with Crippen LogP contribution in [0.25, 0.3) is 0 Å². The summed E-state index contributed by atoms with van der Waals surface area (Å²) >= 11 is 0. The second kappa shape index (κ2) is 15.9. The van der Waals surface area contributed by atoms with E-state index >= 15 is 0 Å². The molecular formula is C27H30N4O10. The Hall–Kier alpha value is -5.37. The average molecular weight is 571 g/mol. The molecule has 0 saturated heterocycles. The molecule has 0 spiro atoms. The van der Waals surface area contributed by atoms with Gasteiger partial charge in [-0.1, -0.05) is 0 Å². The van der Waals surface area contributed by atoms with Crippen molar-refractivity contribution in [2.75, 3.05) is 43.4 Å². The average Bonchev–Trinajstić information content (AvgIpc) is 2.97. The highest BCUT2D eigenvalue weighted by Gasteiger charge is 2.14. The first-order valence-electron chi connectivity index (χ1n) is 12.1. The first kappa shape index (κ1) is 31.8. The Morgan fingerprint density at radius 3 is 1.54 bits per heavy atom. The molecule has 0 fully saturated rings. The summed E-state index contributed by atoms with van der Waals surface area (Å²) in [4.78, 5) is 56.3. The van der Waals surface area contributed by atoms with Crippen LogP contribution in [-0.2, 0) is 19.1 Å². The van der Waals surface area contributed by atoms with Crippen molar-refractivity contribution in [1.29, 1.82) is 0 Å². The van der Waals surface area contributed by atoms with E-state index in [2.05, 4.69) is 21.3 Å². The van der Waals surface area contributed by atoms with Gasteiger partial charge in [0.2, 0.25) is 0 Å². The van der Waals surface area contributed by atoms with Crippen LogP contribution in [-0.4, -0.2) is 83.3 Å². The molecule has 0 aliphatic carbocycles. The number of carbonyl (C=O) groups is 5. The van der Waals surface area contributed by atoms with E-state index in [4.69, 9.17) is 14.9 Å². The SMILES string of the molecule is C/C(CNc1ccc(C(=O)NCC(=O)O)cc1)=C(/CO)O/C(CNc1ccc(C(=O)NCC(=O)O)cc1)=C(/O)C=O. The number of carbonyl (C=O) groups excluding carboxylic acids is 3. The Balaban J connectivity index is 2.01. The first-order valence-corrected chi connectivity index (χ1v) is 12.1. The van der Waals surface area contributed by atoms with E-state index in [0.29, 0.717) is 16.9 Å². The predicted molar refractivity (Wildman–Crippen MR) is 146 cm³/mol. The Kier molecular flexibility index (Phi) is 12.4. The monoisotopic (exact) mass is 570 g/mol. The van der Waals surface area contributed by atoms with E-state index in [1.54, 1.807) is 19.1 Å². The number of hydrogen-bond donors (Lipinski definition) is 8. The summed E-state index contributed by atoms with van der Waals surface area (Å²) in [5.41, 5.74) is 2.14. The molecule has 2 aromatic rings. The lowest BCUT2D eigenvalue weighted by Gasteiger charge is -2.17. The number of aliphatic hydroxyl groups is 2. The smallest absolute Gasteiger partial charge is 0.322 e. The van der Waals surface area contributed by atoms with Crippen molar-refractivity contribution >= 4 is 41.4 Å². The number of carboxylic acids is 2. The predicted octanol–water partition coefficient (Wildman–Crippen LogP) is 1.09. The summed E-state index contributed by atoms with van der Waals surface area (Å²) in [6, 6.07) is 12.2. The maximum absolute atomic E-state index is 11.9. The third-order valence-electron chi connectivity index (χ3n) is 5.37. The Morgan fingerprint density at radius 1 is 0.707 bits per heavy atom. The minimum atomic E-state index is -1.18. The molecule has 14 nitrogen and oxygen atoms in total. The number of aliphatic carboxylic acids is 2. The summed E-state index contributed by atoms with van der Waals surface area (Å²) < 4.78 is 5.64. The summed E-state index contributed by atoms with van der Waals surface area (Å²) in [7, 11) is 0. The van der Waals surface area contributed by atoms with Crippen molar-refractivity contribution in [2.45, 2.75) is 6.92 Å². The van der Waals surface area contributed by atoms with Gasteiger partial charge in [-0.05, 0) is 61.0 Å². The van der Waals surface area contributed by atoms with Crippen molar-refractivity contribution in [2.24, 2.45) is 0 Å². The quantitative estimate of drug-likeness (QED) is 0.0807. The van der Waals surface area contributed by atoms with Crippen LogP contribution in [0.4, 0.5) is 11.4 Å². The second-order valence-corrected chi connectivity index (χ2v) is 8.40. The molecule has 0 aromatic heterocycles. The van der Waals surface area contributed by atoms with Gasteiger partial charge in [0.1, 0.15) is 25.5 Å². The molecule has 2 amide bonds. The lowest BCUT2D eigenvalue weighted by atomic mass is 10.2. The van der Waals surface area contributed by atoms with Gasteiger partial charge in [0.15, 0.2) is 17.8 Å². The highest BCUT2D eigenvalue weighted by Crippen LogP contribution is 2.17. The Morgan fingerprint density at radius 2 is 1.15 bits per heavy atom. The van der Waals surface area contributed by atoms with Crippen LogP contribution in [0.5, 0.6) is 0 Å². The number of aliphatic hydroxyl groups excluding tert-OH is 2. The van der Waals surface area contributed by atoms with Gasteiger partial charge < -0.3 is 46.4 Å². The maximum atomic E-state index is 11.9. The zero-order chi connectivity index (χ0) is 30.4. The fourth-order valence-corrected chi connectivity index (χ4v) is 3.16. The highest BCUT2D eigenvalue weighted by molar-refractivity contribution is 5.96. The molecule has 0 aliphatic rings. The second-order valence-electron chi connectivity index (χ2n) is 8.40. The van der Waals surface area contributed by atoms with Crippen LogP contribution in [0.3, 0.4) is 0 Å². The number of amides is 2. The van der Waals surface area contributed by atoms with Crippen molar-refractivity contribution in [3.8, 4) is 0 Å². The topological polar surface area (TPSA) is 224 Å². The van der Waals surface area contributed by atoms with Crippen LogP contribution >= 0.6 is 0 Å². The van der Waals surface area contributed by atoms with Crippen LogP contribution < -0.4 is 21.3 Å². The molecule has 0 heterocycles. The fourth-order valence-electron chi connectivity index (χ4n) is 3.16. The molecular weight excluding hydrogens is 540 g/mol. The van der Waals surface area contributed by atoms with Crippen LogP contribution in [0, 0.1) is 0 Å². The van der Waals surface area contributed by atoms with Gasteiger partial charge in [0.25, 0.3) is 11.8 Å². The van der Waals surface area contributed by atoms with Gasteiger partial charge in [-0.15, -0.1) is 0 Å². The number of ether oxygens (including phenoxy) is 1. The zero-order valence-corrected chi connectivity index (χ0v) is 22.0. The summed E-state index contributed by atoms with van der Waals surface area (Å²) in [5, 5.41) is 47.7. The minimum Gasteiger partial charge on any atom is -0.502 e. The number of rotatable bonds is 16. The number of anilines is 2. The lowest BCUT2D eigenvalue weighted by molar-refractivity contribution is -0.136. The summed E-state index contributed by atoms with van der Waals surface area (Å²) in [5.74, 6) is -4.26. The fraction of sp³-hybridized carbons (Fsp3) is 0.222. The molecule has 218 valence electrons. The molecule has 8 N–H and O–H groups in total. The summed E-state index contributed by atoms with van der Waals surface area (Å²) in [6.45, 7) is 0.111. The Labute approximate surface area is 234 Å². The molecule has 2 aromatic carbocycles. The number of carboxylic acid groups (broad SMARTS) is 2. The molecule has 2 rings (SSSR count). The van der Waals surface area contributed by atoms with Gasteiger partial charge in [-0.25, -0.2) is 0 Å². The van der Waals surface area contributed by atoms with Crippen LogP contribution in [0.2, 0.25) is 0 Å². The number of hydrogen-bond acceptors (Lipinski definition) is 10. The van der Waals surface area contributed by atoms with Gasteiger partial charge >= 0.3 is 11.9 Å². The number of benzene rings is 2. The molecule has 0 radical (unpaired) electrons. The van der Waals surface area contributed by atoms with Gasteiger partial charge in [-0.2, -0.15) is 0 Å². The molecule has 41 heavy (non-hydrogen) atoms. The minimum absolute atomic E-state index is 0.0674. The normalized spacial score (nSPS) is 11.8. The zero-order valence-electron chi connectivity index (χ0n) is 22.0. The third-order valence-corrected chi connectivity index (χ3v) is 5.37. The molecule has 0 saturated carbocycles. The van der Waals surface area contributed by atoms with Crippen LogP contribution in [0.1, 0.15) is 27.6 Å². The molecule has 14 heteroatoms. The summed E-state index contributed by atoms with van der Waals surface area (Å²) in [6.07, 6.45) is 0.184. The van der Waals surface area contributed by atoms with Gasteiger partial charge in [-0.3, -0.25) is 24.0 Å². The van der Waals surface area contributed by atoms with Crippen LogP contribution in [0.15, 0.2) is 71.4 Å². The number of allylic oxidation sites excluding steroid dienone is 1. The first-order chi connectivity index (χ1) is 19.5. The maximum Gasteiger partial charge on any atom is 0.322 e.